The zero-order chi connectivity index (χ0) is 11.5. The fraction of sp³-hybridized carbons (Fsp3) is 0.800. The van der Waals surface area contributed by atoms with Gasteiger partial charge in [-0.1, -0.05) is 13.8 Å². The molecule has 7 nitrogen and oxygen atoms in total. The molecular formula is C5H18N3O4P. The van der Waals surface area contributed by atoms with Gasteiger partial charge in [-0.25, -0.2) is 4.57 Å². The smallest absolute Gasteiger partial charge is 0.359 e. The molecule has 8 N–H and O–H groups in total. The number of nitrogens with two attached hydrogens (primary N) is 3. The Hall–Kier alpha value is -0.460. The molecule has 0 aromatic carbocycles. The summed E-state index contributed by atoms with van der Waals surface area (Å²) in [5.74, 6) is 0. The van der Waals surface area contributed by atoms with Gasteiger partial charge in [-0.2, -0.15) is 0 Å². The molecule has 0 rings (SSSR count). The van der Waals surface area contributed by atoms with Crippen molar-refractivity contribution in [1.29, 1.82) is 0 Å². The van der Waals surface area contributed by atoms with Gasteiger partial charge >= 0.3 is 13.2 Å². The van der Waals surface area contributed by atoms with Crippen LogP contribution in [0.15, 0.2) is 0 Å². The second-order valence-corrected chi connectivity index (χ2v) is 3.23. The van der Waals surface area contributed by atoms with Crippen LogP contribution in [0, 0.1) is 0 Å². The average molecular weight is 215 g/mol. The van der Waals surface area contributed by atoms with Crippen LogP contribution < -0.4 is 17.2 Å². The van der Waals surface area contributed by atoms with Crippen molar-refractivity contribution in [2.24, 2.45) is 17.2 Å². The summed E-state index contributed by atoms with van der Waals surface area (Å²) in [6, 6.07) is 0. The van der Waals surface area contributed by atoms with E-state index in [2.05, 4.69) is 5.73 Å². The van der Waals surface area contributed by atoms with Crippen molar-refractivity contribution in [3.8, 4) is 0 Å². The van der Waals surface area contributed by atoms with Crippen molar-refractivity contribution < 1.29 is 19.1 Å². The lowest BCUT2D eigenvalue weighted by atomic mass is 10.8. The molecular weight excluding hydrogens is 197 g/mol. The van der Waals surface area contributed by atoms with Crippen LogP contribution in [0.3, 0.4) is 0 Å². The molecule has 0 radical (unpaired) electrons. The highest BCUT2D eigenvalue weighted by atomic mass is 31.2. The second-order valence-electron chi connectivity index (χ2n) is 1.70. The van der Waals surface area contributed by atoms with Gasteiger partial charge in [0.2, 0.25) is 0 Å². The summed E-state index contributed by atoms with van der Waals surface area (Å²) in [6.07, 6.45) is 0. The lowest BCUT2D eigenvalue weighted by Gasteiger charge is -1.91. The fourth-order valence-corrected chi connectivity index (χ4v) is 0. The minimum Gasteiger partial charge on any atom is -0.359 e. The molecule has 0 saturated heterocycles. The van der Waals surface area contributed by atoms with Crippen molar-refractivity contribution >= 4 is 13.2 Å². The van der Waals surface area contributed by atoms with Gasteiger partial charge in [0.05, 0.1) is 0 Å². The Bertz CT molecular complexity index is 156. The van der Waals surface area contributed by atoms with Gasteiger partial charge < -0.3 is 27.0 Å². The summed E-state index contributed by atoms with van der Waals surface area (Å²) >= 11 is 0. The van der Waals surface area contributed by atoms with Crippen LogP contribution in [0.1, 0.15) is 13.8 Å². The topological polar surface area (TPSA) is 153 Å². The number of hydrogen-bond donors (Lipinski definition) is 5. The molecule has 82 valence electrons. The van der Waals surface area contributed by atoms with Gasteiger partial charge in [0, 0.05) is 0 Å². The minimum absolute atomic E-state index is 0.750. The first-order valence-corrected chi connectivity index (χ1v) is 5.14. The standard InChI is InChI=1S/2C2H7N.CH4NO4P/c2*1-2-3;2-1(3)7(4,5)6/h2*2-3H2,1H3;(H2,2,3)(H2,4,5,6). The van der Waals surface area contributed by atoms with Crippen molar-refractivity contribution in [1.82, 2.24) is 0 Å². The number of amides is 1. The zero-order valence-electron chi connectivity index (χ0n) is 7.80. The van der Waals surface area contributed by atoms with Crippen LogP contribution in [-0.4, -0.2) is 28.5 Å². The van der Waals surface area contributed by atoms with Crippen molar-refractivity contribution in [3.05, 3.63) is 0 Å². The van der Waals surface area contributed by atoms with Crippen molar-refractivity contribution in [3.63, 3.8) is 0 Å². The third-order valence-electron chi connectivity index (χ3n) is 0.287. The predicted octanol–water partition coefficient (Wildman–Crippen LogP) is -0.827. The van der Waals surface area contributed by atoms with Crippen LogP contribution >= 0.6 is 7.60 Å². The van der Waals surface area contributed by atoms with Crippen LogP contribution in [0.25, 0.3) is 0 Å². The van der Waals surface area contributed by atoms with E-state index in [1.165, 1.54) is 0 Å². The molecule has 8 heteroatoms. The molecule has 0 unspecified atom stereocenters. The number of hydrogen-bond acceptors (Lipinski definition) is 4. The fourth-order valence-electron chi connectivity index (χ4n) is 0. The Kier molecular flexibility index (Phi) is 16.3. The summed E-state index contributed by atoms with van der Waals surface area (Å²) in [7, 11) is -4.60. The first kappa shape index (κ1) is 18.3. The minimum atomic E-state index is -4.60. The normalized spacial score (nSPS) is 8.77. The summed E-state index contributed by atoms with van der Waals surface area (Å²) in [5, 5.41) is 0. The van der Waals surface area contributed by atoms with E-state index in [1.54, 1.807) is 0 Å². The molecule has 0 aliphatic carbocycles. The molecule has 0 saturated carbocycles. The van der Waals surface area contributed by atoms with Gasteiger partial charge in [-0.3, -0.25) is 4.79 Å². The third kappa shape index (κ3) is 34.2. The average Bonchev–Trinajstić information content (AvgIpc) is 1.88. The Morgan fingerprint density at radius 1 is 1.23 bits per heavy atom. The summed E-state index contributed by atoms with van der Waals surface area (Å²) in [4.78, 5) is 24.9. The number of carbonyl (C=O) groups is 1. The van der Waals surface area contributed by atoms with E-state index in [4.69, 9.17) is 21.3 Å². The van der Waals surface area contributed by atoms with Crippen LogP contribution in [0.4, 0.5) is 4.79 Å². The van der Waals surface area contributed by atoms with Crippen LogP contribution in [0.5, 0.6) is 0 Å². The molecule has 0 spiro atoms. The zero-order valence-corrected chi connectivity index (χ0v) is 8.70. The third-order valence-corrected chi connectivity index (χ3v) is 0.861. The van der Waals surface area contributed by atoms with E-state index < -0.39 is 13.2 Å². The molecule has 0 bridgehead atoms. The molecule has 0 aliphatic rings. The van der Waals surface area contributed by atoms with Gasteiger partial charge in [0.25, 0.3) is 0 Å². The quantitative estimate of drug-likeness (QED) is 0.360. The van der Waals surface area contributed by atoms with E-state index >= 15 is 0 Å². The summed E-state index contributed by atoms with van der Waals surface area (Å²) in [5.41, 5.74) is 12.3. The second kappa shape index (κ2) is 11.5. The van der Waals surface area contributed by atoms with E-state index in [0.29, 0.717) is 0 Å². The summed E-state index contributed by atoms with van der Waals surface area (Å²) < 4.78 is 9.55. The van der Waals surface area contributed by atoms with Gasteiger partial charge in [-0.05, 0) is 13.1 Å². The molecule has 0 fully saturated rings. The first-order chi connectivity index (χ1) is 5.77. The van der Waals surface area contributed by atoms with Crippen LogP contribution in [0.2, 0.25) is 0 Å². The van der Waals surface area contributed by atoms with Crippen LogP contribution in [-0.2, 0) is 4.57 Å². The van der Waals surface area contributed by atoms with Gasteiger partial charge in [-0.15, -0.1) is 0 Å². The molecule has 0 aromatic heterocycles. The molecule has 1 amide bonds. The lowest BCUT2D eigenvalue weighted by molar-refractivity contribution is 0.255. The maximum atomic E-state index is 9.55. The molecule has 0 aliphatic heterocycles. The lowest BCUT2D eigenvalue weighted by Crippen LogP contribution is -2.07. The molecule has 0 heterocycles. The number of carbonyl (C=O) groups excluding carboxylic acids is 1. The van der Waals surface area contributed by atoms with Crippen molar-refractivity contribution in [2.45, 2.75) is 13.8 Å². The van der Waals surface area contributed by atoms with E-state index in [1.807, 2.05) is 13.8 Å². The Morgan fingerprint density at radius 3 is 1.31 bits per heavy atom. The van der Waals surface area contributed by atoms with E-state index in [9.17, 15) is 9.36 Å². The highest BCUT2D eigenvalue weighted by Gasteiger charge is 2.20. The summed E-state index contributed by atoms with van der Waals surface area (Å²) in [6.45, 7) is 5.31. The Balaban J connectivity index is -0.000000140. The predicted molar refractivity (Wildman–Crippen MR) is 51.1 cm³/mol. The molecule has 0 atom stereocenters. The SMILES string of the molecule is CCN.CCN.NC(=O)P(=O)(O)O. The highest BCUT2D eigenvalue weighted by Crippen LogP contribution is 2.33. The first-order valence-electron chi connectivity index (χ1n) is 3.53. The highest BCUT2D eigenvalue weighted by molar-refractivity contribution is 7.69. The molecule has 0 aromatic rings. The Labute approximate surface area is 77.4 Å². The van der Waals surface area contributed by atoms with Gasteiger partial charge in [0.15, 0.2) is 0 Å². The Morgan fingerprint density at radius 2 is 1.31 bits per heavy atom. The van der Waals surface area contributed by atoms with Crippen molar-refractivity contribution in [2.75, 3.05) is 13.1 Å². The number of rotatable bonds is 1. The monoisotopic (exact) mass is 215 g/mol. The van der Waals surface area contributed by atoms with E-state index in [-0.39, 0.29) is 0 Å². The van der Waals surface area contributed by atoms with Gasteiger partial charge in [0.1, 0.15) is 0 Å². The maximum Gasteiger partial charge on any atom is 0.412 e. The number of primary amides is 1. The van der Waals surface area contributed by atoms with E-state index in [0.717, 1.165) is 13.1 Å². The molecule has 13 heavy (non-hydrogen) atoms. The largest absolute Gasteiger partial charge is 0.412 e. The maximum absolute atomic E-state index is 9.55.